The number of esters is 3. The Kier molecular flexibility index (Phi) is 11.0. The molecule has 0 saturated carbocycles. The molecule has 10 nitrogen and oxygen atoms in total. The van der Waals surface area contributed by atoms with Crippen LogP contribution in [0.15, 0.2) is 36.5 Å². The van der Waals surface area contributed by atoms with E-state index in [1.807, 2.05) is 0 Å². The molecular formula is C23H27Cl3O10. The van der Waals surface area contributed by atoms with Gasteiger partial charge in [-0.15, -0.1) is 0 Å². The van der Waals surface area contributed by atoms with Crippen molar-refractivity contribution in [1.29, 1.82) is 0 Å². The molecule has 0 aromatic carbocycles. The standard InChI is InChI=1S/C23H27Cl3O10/c24-23(25,26)13-33-22(30)19-9-3-6-16(36-19)12-32-21(29)18-8-2-5-15(35-18)11-31-20(28)17-7-1-4-14(10-27)34-17/h1-6,14-19,27H,7-13H2/t14-,15-,16-,17+,18+,19+/m0/s1. The van der Waals surface area contributed by atoms with Gasteiger partial charge in [0.2, 0.25) is 3.79 Å². The Morgan fingerprint density at radius 3 is 1.53 bits per heavy atom. The van der Waals surface area contributed by atoms with Gasteiger partial charge in [-0.3, -0.25) is 0 Å². The first-order chi connectivity index (χ1) is 17.1. The third kappa shape index (κ3) is 9.33. The van der Waals surface area contributed by atoms with Crippen molar-refractivity contribution in [3.05, 3.63) is 36.5 Å². The van der Waals surface area contributed by atoms with Crippen molar-refractivity contribution in [2.75, 3.05) is 26.4 Å². The third-order valence-electron chi connectivity index (χ3n) is 5.25. The molecule has 0 spiro atoms. The fourth-order valence-electron chi connectivity index (χ4n) is 3.51. The molecule has 0 aliphatic carbocycles. The van der Waals surface area contributed by atoms with Gasteiger partial charge in [0.25, 0.3) is 0 Å². The average molecular weight is 570 g/mol. The highest BCUT2D eigenvalue weighted by molar-refractivity contribution is 6.67. The number of carbonyl (C=O) groups is 3. The monoisotopic (exact) mass is 568 g/mol. The quantitative estimate of drug-likeness (QED) is 0.191. The van der Waals surface area contributed by atoms with Crippen LogP contribution >= 0.6 is 34.8 Å². The van der Waals surface area contributed by atoms with Crippen LogP contribution in [-0.4, -0.2) is 89.9 Å². The maximum absolute atomic E-state index is 12.5. The Bertz CT molecular complexity index is 869. The van der Waals surface area contributed by atoms with E-state index >= 15 is 0 Å². The summed E-state index contributed by atoms with van der Waals surface area (Å²) < 4.78 is 30.5. The van der Waals surface area contributed by atoms with Gasteiger partial charge in [0, 0.05) is 19.3 Å². The van der Waals surface area contributed by atoms with Crippen LogP contribution in [0.3, 0.4) is 0 Å². The molecule has 36 heavy (non-hydrogen) atoms. The lowest BCUT2D eigenvalue weighted by Crippen LogP contribution is -2.39. The van der Waals surface area contributed by atoms with Crippen molar-refractivity contribution < 1.29 is 47.9 Å². The van der Waals surface area contributed by atoms with E-state index < -0.39 is 64.9 Å². The highest BCUT2D eigenvalue weighted by Gasteiger charge is 2.32. The Hall–Kier alpha value is -1.66. The summed E-state index contributed by atoms with van der Waals surface area (Å²) >= 11 is 16.7. The van der Waals surface area contributed by atoms with E-state index in [9.17, 15) is 19.5 Å². The first-order valence-electron chi connectivity index (χ1n) is 11.3. The highest BCUT2D eigenvalue weighted by atomic mass is 35.6. The summed E-state index contributed by atoms with van der Waals surface area (Å²) in [6.07, 6.45) is 6.63. The number of halogens is 3. The van der Waals surface area contributed by atoms with Crippen molar-refractivity contribution in [1.82, 2.24) is 0 Å². The normalized spacial score (nSPS) is 30.0. The van der Waals surface area contributed by atoms with E-state index in [4.69, 9.17) is 63.2 Å². The zero-order valence-corrected chi connectivity index (χ0v) is 21.4. The lowest BCUT2D eigenvalue weighted by atomic mass is 10.1. The number of alkyl halides is 3. The molecule has 3 aliphatic rings. The van der Waals surface area contributed by atoms with Crippen LogP contribution in [0.25, 0.3) is 0 Å². The van der Waals surface area contributed by atoms with Gasteiger partial charge in [-0.05, 0) is 0 Å². The van der Waals surface area contributed by atoms with Gasteiger partial charge in [0.1, 0.15) is 32.0 Å². The van der Waals surface area contributed by atoms with Gasteiger partial charge in [0.05, 0.1) is 12.7 Å². The van der Waals surface area contributed by atoms with Crippen LogP contribution in [0.4, 0.5) is 0 Å². The maximum atomic E-state index is 12.5. The molecule has 0 bridgehead atoms. The van der Waals surface area contributed by atoms with Gasteiger partial charge < -0.3 is 33.5 Å². The van der Waals surface area contributed by atoms with Crippen molar-refractivity contribution in [2.45, 2.75) is 59.7 Å². The van der Waals surface area contributed by atoms with Crippen LogP contribution in [-0.2, 0) is 42.8 Å². The second kappa shape index (κ2) is 13.8. The van der Waals surface area contributed by atoms with E-state index in [2.05, 4.69) is 0 Å². The van der Waals surface area contributed by atoms with Gasteiger partial charge in [-0.25, -0.2) is 14.4 Å². The summed E-state index contributed by atoms with van der Waals surface area (Å²) in [7, 11) is 0. The second-order valence-corrected chi connectivity index (χ2v) is 10.7. The van der Waals surface area contributed by atoms with E-state index in [0.717, 1.165) is 0 Å². The number of rotatable bonds is 9. The topological polar surface area (TPSA) is 127 Å². The molecule has 0 amide bonds. The van der Waals surface area contributed by atoms with Crippen LogP contribution in [0, 0.1) is 0 Å². The second-order valence-electron chi connectivity index (χ2n) is 8.15. The Morgan fingerprint density at radius 1 is 0.722 bits per heavy atom. The third-order valence-corrected chi connectivity index (χ3v) is 5.57. The predicted molar refractivity (Wildman–Crippen MR) is 128 cm³/mol. The van der Waals surface area contributed by atoms with Crippen molar-refractivity contribution in [3.63, 3.8) is 0 Å². The summed E-state index contributed by atoms with van der Waals surface area (Å²) in [6, 6.07) is 0. The Labute approximate surface area is 223 Å². The summed E-state index contributed by atoms with van der Waals surface area (Å²) in [5, 5.41) is 9.17. The molecule has 0 fully saturated rings. The number of hydrogen-bond donors (Lipinski definition) is 1. The summed E-state index contributed by atoms with van der Waals surface area (Å²) in [6.45, 7) is -0.914. The molecule has 13 heteroatoms. The SMILES string of the molecule is O=C(OC[C@@H]1C=CC[C@H](C(=O)OC[C@@H]2C=CC[C@H](C(=O)OCC(Cl)(Cl)Cl)O2)O1)[C@H]1CC=C[C@@H](CO)O1. The number of ether oxygens (including phenoxy) is 6. The van der Waals surface area contributed by atoms with E-state index in [1.165, 1.54) is 0 Å². The summed E-state index contributed by atoms with van der Waals surface area (Å²) in [5.41, 5.74) is 0. The molecule has 0 aromatic rings. The maximum Gasteiger partial charge on any atom is 0.335 e. The van der Waals surface area contributed by atoms with Crippen LogP contribution in [0.1, 0.15) is 19.3 Å². The van der Waals surface area contributed by atoms with E-state index in [-0.39, 0.29) is 32.7 Å². The van der Waals surface area contributed by atoms with Crippen LogP contribution in [0.5, 0.6) is 0 Å². The molecule has 6 atom stereocenters. The molecule has 0 aromatic heterocycles. The molecular weight excluding hydrogens is 543 g/mol. The Balaban J connectivity index is 1.39. The van der Waals surface area contributed by atoms with Gasteiger partial charge in [0.15, 0.2) is 18.3 Å². The van der Waals surface area contributed by atoms with Crippen LogP contribution in [0.2, 0.25) is 0 Å². The first kappa shape index (κ1) is 28.9. The molecule has 3 rings (SSSR count). The minimum absolute atomic E-state index is 0.112. The summed E-state index contributed by atoms with van der Waals surface area (Å²) in [5.74, 6) is -1.90. The minimum atomic E-state index is -1.73. The largest absolute Gasteiger partial charge is 0.461 e. The number of aliphatic hydroxyl groups excluding tert-OH is 1. The summed E-state index contributed by atoms with van der Waals surface area (Å²) in [4.78, 5) is 36.9. The van der Waals surface area contributed by atoms with Crippen molar-refractivity contribution in [2.24, 2.45) is 0 Å². The molecule has 0 radical (unpaired) electrons. The lowest BCUT2D eigenvalue weighted by Gasteiger charge is -2.28. The Morgan fingerprint density at radius 2 is 1.11 bits per heavy atom. The zero-order valence-electron chi connectivity index (χ0n) is 19.1. The molecule has 3 aliphatic heterocycles. The predicted octanol–water partition coefficient (Wildman–Crippen LogP) is 2.12. The van der Waals surface area contributed by atoms with Gasteiger partial charge in [-0.2, -0.15) is 0 Å². The van der Waals surface area contributed by atoms with E-state index in [0.29, 0.717) is 6.42 Å². The molecule has 0 unspecified atom stereocenters. The molecule has 200 valence electrons. The van der Waals surface area contributed by atoms with Crippen LogP contribution < -0.4 is 0 Å². The van der Waals surface area contributed by atoms with Gasteiger partial charge >= 0.3 is 17.9 Å². The smallest absolute Gasteiger partial charge is 0.335 e. The molecule has 3 heterocycles. The van der Waals surface area contributed by atoms with E-state index in [1.54, 1.807) is 36.5 Å². The van der Waals surface area contributed by atoms with Crippen molar-refractivity contribution in [3.8, 4) is 0 Å². The first-order valence-corrected chi connectivity index (χ1v) is 12.4. The molecule has 0 saturated heterocycles. The fraction of sp³-hybridized carbons (Fsp3) is 0.609. The fourth-order valence-corrected chi connectivity index (χ4v) is 3.67. The number of hydrogen-bond acceptors (Lipinski definition) is 10. The highest BCUT2D eigenvalue weighted by Crippen LogP contribution is 2.26. The molecule has 1 N–H and O–H groups in total. The number of aliphatic hydroxyl groups is 1. The van der Waals surface area contributed by atoms with Crippen molar-refractivity contribution >= 4 is 52.7 Å². The zero-order chi connectivity index (χ0) is 26.1. The lowest BCUT2D eigenvalue weighted by molar-refractivity contribution is -0.173. The number of carbonyl (C=O) groups excluding carboxylic acids is 3. The van der Waals surface area contributed by atoms with Gasteiger partial charge in [-0.1, -0.05) is 71.3 Å². The average Bonchev–Trinajstić information content (AvgIpc) is 2.88. The minimum Gasteiger partial charge on any atom is -0.461 e.